The van der Waals surface area contributed by atoms with Gasteiger partial charge in [-0.25, -0.2) is 0 Å². The molecule has 19 heavy (non-hydrogen) atoms. The van der Waals surface area contributed by atoms with Gasteiger partial charge in [-0.15, -0.1) is 0 Å². The summed E-state index contributed by atoms with van der Waals surface area (Å²) in [6.07, 6.45) is 4.02. The molecule has 1 saturated carbocycles. The smallest absolute Gasteiger partial charge is 0.234 e. The number of carbonyl (C=O) groups is 1. The first-order valence-corrected chi connectivity index (χ1v) is 7.11. The number of primary amides is 1. The number of rotatable bonds is 7. The molecular weight excluding hydrogens is 240 g/mol. The Balaban J connectivity index is 1.98. The first-order valence-electron chi connectivity index (χ1n) is 7.11. The normalized spacial score (nSPS) is 16.6. The largest absolute Gasteiger partial charge is 0.368 e. The molecule has 0 radical (unpaired) electrons. The van der Waals surface area contributed by atoms with Gasteiger partial charge in [0.05, 0.1) is 11.7 Å². The molecule has 1 aromatic rings. The fourth-order valence-electron chi connectivity index (χ4n) is 2.56. The number of hydrogen-bond donors (Lipinski definition) is 2. The summed E-state index contributed by atoms with van der Waals surface area (Å²) >= 11 is 0. The van der Waals surface area contributed by atoms with Gasteiger partial charge < -0.3 is 11.1 Å². The molecule has 1 unspecified atom stereocenters. The highest BCUT2D eigenvalue weighted by Crippen LogP contribution is 2.20. The lowest BCUT2D eigenvalue weighted by Gasteiger charge is -2.15. The topological polar surface area (TPSA) is 72.9 Å². The van der Waals surface area contributed by atoms with E-state index in [-0.39, 0.29) is 11.9 Å². The van der Waals surface area contributed by atoms with Gasteiger partial charge >= 0.3 is 0 Å². The fraction of sp³-hybridized carbons (Fsp3) is 0.714. The Kier molecular flexibility index (Phi) is 4.24. The summed E-state index contributed by atoms with van der Waals surface area (Å²) in [7, 11) is 0. The van der Waals surface area contributed by atoms with Crippen molar-refractivity contribution in [1.29, 1.82) is 0 Å². The van der Waals surface area contributed by atoms with Crippen molar-refractivity contribution in [3.05, 3.63) is 17.0 Å². The maximum atomic E-state index is 11.4. The van der Waals surface area contributed by atoms with Crippen molar-refractivity contribution in [2.45, 2.75) is 65.1 Å². The van der Waals surface area contributed by atoms with E-state index < -0.39 is 0 Å². The van der Waals surface area contributed by atoms with Crippen molar-refractivity contribution in [2.24, 2.45) is 5.73 Å². The second-order valence-electron chi connectivity index (χ2n) is 5.41. The molecule has 0 aromatic carbocycles. The minimum absolute atomic E-state index is 0.235. The molecule has 2 rings (SSSR count). The van der Waals surface area contributed by atoms with Crippen LogP contribution < -0.4 is 11.1 Å². The number of amides is 1. The van der Waals surface area contributed by atoms with Gasteiger partial charge in [-0.3, -0.25) is 9.48 Å². The van der Waals surface area contributed by atoms with Crippen LogP contribution in [0.3, 0.4) is 0 Å². The summed E-state index contributed by atoms with van der Waals surface area (Å²) in [5.74, 6) is -0.260. The SMILES string of the molecule is CCc1c(C)nn(CCC(NC2CC2)C(N)=O)c1C. The minimum Gasteiger partial charge on any atom is -0.368 e. The summed E-state index contributed by atoms with van der Waals surface area (Å²) in [6, 6.07) is 0.255. The molecule has 0 aliphatic heterocycles. The summed E-state index contributed by atoms with van der Waals surface area (Å²) < 4.78 is 2.00. The Bertz CT molecular complexity index is 462. The Hall–Kier alpha value is -1.36. The summed E-state index contributed by atoms with van der Waals surface area (Å²) in [6.45, 7) is 7.00. The van der Waals surface area contributed by atoms with E-state index in [1.807, 2.05) is 11.6 Å². The number of hydrogen-bond acceptors (Lipinski definition) is 3. The maximum absolute atomic E-state index is 11.4. The third-order valence-electron chi connectivity index (χ3n) is 3.87. The number of nitrogens with one attached hydrogen (secondary N) is 1. The number of nitrogens with two attached hydrogens (primary N) is 1. The Morgan fingerprint density at radius 2 is 2.21 bits per heavy atom. The molecule has 1 amide bonds. The summed E-state index contributed by atoms with van der Waals surface area (Å²) in [5.41, 5.74) is 9.05. The van der Waals surface area contributed by atoms with Gasteiger partial charge in [0.25, 0.3) is 0 Å². The lowest BCUT2D eigenvalue weighted by Crippen LogP contribution is -2.43. The van der Waals surface area contributed by atoms with Crippen molar-refractivity contribution in [3.8, 4) is 0 Å². The fourth-order valence-corrected chi connectivity index (χ4v) is 2.56. The highest BCUT2D eigenvalue weighted by molar-refractivity contribution is 5.79. The molecule has 1 aliphatic rings. The second kappa shape index (κ2) is 5.74. The molecule has 1 fully saturated rings. The van der Waals surface area contributed by atoms with E-state index in [9.17, 15) is 4.79 Å². The van der Waals surface area contributed by atoms with E-state index >= 15 is 0 Å². The molecule has 0 bridgehead atoms. The standard InChI is InChI=1S/C14H24N4O/c1-4-12-9(2)17-18(10(12)3)8-7-13(14(15)19)16-11-5-6-11/h11,13,16H,4-8H2,1-3H3,(H2,15,19). The quantitative estimate of drug-likeness (QED) is 0.773. The van der Waals surface area contributed by atoms with Gasteiger partial charge in [0.15, 0.2) is 0 Å². The molecule has 0 spiro atoms. The highest BCUT2D eigenvalue weighted by Gasteiger charge is 2.27. The lowest BCUT2D eigenvalue weighted by molar-refractivity contribution is -0.120. The zero-order chi connectivity index (χ0) is 14.0. The lowest BCUT2D eigenvalue weighted by atomic mass is 10.1. The van der Waals surface area contributed by atoms with Crippen LogP contribution in [0.5, 0.6) is 0 Å². The third-order valence-corrected chi connectivity index (χ3v) is 3.87. The van der Waals surface area contributed by atoms with E-state index in [0.29, 0.717) is 12.5 Å². The molecule has 1 atom stereocenters. The van der Waals surface area contributed by atoms with Gasteiger partial charge in [-0.05, 0) is 45.1 Å². The average molecular weight is 264 g/mol. The minimum atomic E-state index is -0.260. The van der Waals surface area contributed by atoms with Crippen LogP contribution in [0.4, 0.5) is 0 Å². The maximum Gasteiger partial charge on any atom is 0.234 e. The number of aromatic nitrogens is 2. The van der Waals surface area contributed by atoms with Crippen LogP contribution >= 0.6 is 0 Å². The van der Waals surface area contributed by atoms with Crippen molar-refractivity contribution in [1.82, 2.24) is 15.1 Å². The van der Waals surface area contributed by atoms with Crippen LogP contribution in [0, 0.1) is 13.8 Å². The third kappa shape index (κ3) is 3.35. The van der Waals surface area contributed by atoms with Crippen LogP contribution in [0.15, 0.2) is 0 Å². The van der Waals surface area contributed by atoms with Gasteiger partial charge in [-0.2, -0.15) is 5.10 Å². The van der Waals surface area contributed by atoms with E-state index in [1.54, 1.807) is 0 Å². The van der Waals surface area contributed by atoms with Crippen molar-refractivity contribution in [2.75, 3.05) is 0 Å². The average Bonchev–Trinajstić information content (AvgIpc) is 3.12. The van der Waals surface area contributed by atoms with Crippen LogP contribution in [0.25, 0.3) is 0 Å². The number of carbonyl (C=O) groups excluding carboxylic acids is 1. The van der Waals surface area contributed by atoms with Crippen molar-refractivity contribution >= 4 is 5.91 Å². The second-order valence-corrected chi connectivity index (χ2v) is 5.41. The Labute approximate surface area is 114 Å². The zero-order valence-electron chi connectivity index (χ0n) is 12.1. The monoisotopic (exact) mass is 264 g/mol. The van der Waals surface area contributed by atoms with Crippen LogP contribution in [-0.4, -0.2) is 27.8 Å². The van der Waals surface area contributed by atoms with Gasteiger partial charge in [-0.1, -0.05) is 6.92 Å². The first kappa shape index (κ1) is 14.1. The first-order chi connectivity index (χ1) is 9.02. The van der Waals surface area contributed by atoms with E-state index in [1.165, 1.54) is 11.3 Å². The van der Waals surface area contributed by atoms with E-state index in [4.69, 9.17) is 5.73 Å². The Morgan fingerprint density at radius 3 is 2.68 bits per heavy atom. The molecular formula is C14H24N4O. The summed E-state index contributed by atoms with van der Waals surface area (Å²) in [4.78, 5) is 11.4. The predicted molar refractivity (Wildman–Crippen MR) is 74.8 cm³/mol. The van der Waals surface area contributed by atoms with Crippen LogP contribution in [-0.2, 0) is 17.8 Å². The Morgan fingerprint density at radius 1 is 1.53 bits per heavy atom. The van der Waals surface area contributed by atoms with Gasteiger partial charge in [0.2, 0.25) is 5.91 Å². The molecule has 3 N–H and O–H groups in total. The number of aryl methyl sites for hydroxylation is 2. The van der Waals surface area contributed by atoms with Crippen LogP contribution in [0.1, 0.15) is 43.1 Å². The van der Waals surface area contributed by atoms with Crippen molar-refractivity contribution in [3.63, 3.8) is 0 Å². The van der Waals surface area contributed by atoms with Crippen molar-refractivity contribution < 1.29 is 4.79 Å². The van der Waals surface area contributed by atoms with E-state index in [2.05, 4.69) is 24.3 Å². The molecule has 1 heterocycles. The zero-order valence-corrected chi connectivity index (χ0v) is 12.1. The number of nitrogens with zero attached hydrogens (tertiary/aromatic N) is 2. The van der Waals surface area contributed by atoms with E-state index in [0.717, 1.165) is 31.5 Å². The molecule has 0 saturated heterocycles. The molecule has 1 aromatic heterocycles. The van der Waals surface area contributed by atoms with Crippen LogP contribution in [0.2, 0.25) is 0 Å². The predicted octanol–water partition coefficient (Wildman–Crippen LogP) is 1.06. The molecule has 5 nitrogen and oxygen atoms in total. The molecule has 1 aliphatic carbocycles. The highest BCUT2D eigenvalue weighted by atomic mass is 16.1. The molecule has 5 heteroatoms. The van der Waals surface area contributed by atoms with Gasteiger partial charge in [0.1, 0.15) is 0 Å². The van der Waals surface area contributed by atoms with Gasteiger partial charge in [0, 0.05) is 18.3 Å². The molecule has 106 valence electrons. The summed E-state index contributed by atoms with van der Waals surface area (Å²) in [5, 5.41) is 7.84.